The Bertz CT molecular complexity index is 541. The predicted octanol–water partition coefficient (Wildman–Crippen LogP) is 2.01. The Morgan fingerprint density at radius 1 is 1.30 bits per heavy atom. The SMILES string of the molecule is CCC1(C)C(=O)NC(C)C(=O)N1Cc1ccccc1C. The molecule has 0 spiro atoms. The van der Waals surface area contributed by atoms with E-state index in [2.05, 4.69) is 5.32 Å². The molecule has 20 heavy (non-hydrogen) atoms. The molecule has 2 amide bonds. The van der Waals surface area contributed by atoms with Crippen molar-refractivity contribution in [2.24, 2.45) is 0 Å². The van der Waals surface area contributed by atoms with Gasteiger partial charge in [0.2, 0.25) is 11.8 Å². The summed E-state index contributed by atoms with van der Waals surface area (Å²) in [6.45, 7) is 8.02. The standard InChI is InChI=1S/C16H22N2O2/c1-5-16(4)15(20)17-12(3)14(19)18(16)10-13-9-7-6-8-11(13)2/h6-9,12H,5,10H2,1-4H3,(H,17,20). The Labute approximate surface area is 120 Å². The number of nitrogens with one attached hydrogen (secondary N) is 1. The normalized spacial score (nSPS) is 26.6. The Morgan fingerprint density at radius 3 is 2.55 bits per heavy atom. The Morgan fingerprint density at radius 2 is 1.95 bits per heavy atom. The van der Waals surface area contributed by atoms with Crippen LogP contribution < -0.4 is 5.32 Å². The summed E-state index contributed by atoms with van der Waals surface area (Å²) >= 11 is 0. The van der Waals surface area contributed by atoms with Crippen molar-refractivity contribution in [2.75, 3.05) is 0 Å². The maximum atomic E-state index is 12.5. The molecule has 4 nitrogen and oxygen atoms in total. The van der Waals surface area contributed by atoms with Gasteiger partial charge in [-0.1, -0.05) is 31.2 Å². The Balaban J connectivity index is 2.37. The zero-order valence-electron chi connectivity index (χ0n) is 12.6. The zero-order valence-corrected chi connectivity index (χ0v) is 12.6. The molecule has 2 rings (SSSR count). The van der Waals surface area contributed by atoms with Crippen LogP contribution in [-0.4, -0.2) is 28.3 Å². The largest absolute Gasteiger partial charge is 0.343 e. The molecule has 4 heteroatoms. The fourth-order valence-corrected chi connectivity index (χ4v) is 2.58. The number of benzene rings is 1. The van der Waals surface area contributed by atoms with E-state index >= 15 is 0 Å². The van der Waals surface area contributed by atoms with E-state index in [4.69, 9.17) is 0 Å². The second-order valence-corrected chi connectivity index (χ2v) is 5.67. The molecular formula is C16H22N2O2. The molecule has 1 aliphatic heterocycles. The third kappa shape index (κ3) is 2.30. The molecule has 1 heterocycles. The van der Waals surface area contributed by atoms with Crippen molar-refractivity contribution >= 4 is 11.8 Å². The highest BCUT2D eigenvalue weighted by molar-refractivity contribution is 5.99. The van der Waals surface area contributed by atoms with Gasteiger partial charge in [-0.2, -0.15) is 0 Å². The van der Waals surface area contributed by atoms with Gasteiger partial charge in [0.25, 0.3) is 0 Å². The van der Waals surface area contributed by atoms with Crippen molar-refractivity contribution in [3.05, 3.63) is 35.4 Å². The number of aryl methyl sites for hydroxylation is 1. The van der Waals surface area contributed by atoms with Gasteiger partial charge in [-0.25, -0.2) is 0 Å². The van der Waals surface area contributed by atoms with E-state index in [9.17, 15) is 9.59 Å². The van der Waals surface area contributed by atoms with Gasteiger partial charge in [0.15, 0.2) is 0 Å². The number of rotatable bonds is 3. The fraction of sp³-hybridized carbons (Fsp3) is 0.500. The number of hydrogen-bond donors (Lipinski definition) is 1. The zero-order chi connectivity index (χ0) is 14.9. The van der Waals surface area contributed by atoms with Crippen LogP contribution >= 0.6 is 0 Å². The number of hydrogen-bond acceptors (Lipinski definition) is 2. The first kappa shape index (κ1) is 14.6. The summed E-state index contributed by atoms with van der Waals surface area (Å²) in [6, 6.07) is 7.52. The third-order valence-electron chi connectivity index (χ3n) is 4.35. The summed E-state index contributed by atoms with van der Waals surface area (Å²) in [6.07, 6.45) is 0.600. The molecule has 1 N–H and O–H groups in total. The molecule has 1 aliphatic rings. The highest BCUT2D eigenvalue weighted by Gasteiger charge is 2.46. The van der Waals surface area contributed by atoms with Crippen LogP contribution in [0.15, 0.2) is 24.3 Å². The molecule has 1 fully saturated rings. The van der Waals surface area contributed by atoms with Gasteiger partial charge in [-0.15, -0.1) is 0 Å². The van der Waals surface area contributed by atoms with Gasteiger partial charge in [0, 0.05) is 6.54 Å². The van der Waals surface area contributed by atoms with E-state index in [1.807, 2.05) is 45.0 Å². The minimum atomic E-state index is -0.772. The molecule has 0 radical (unpaired) electrons. The van der Waals surface area contributed by atoms with E-state index in [1.54, 1.807) is 11.8 Å². The first-order chi connectivity index (χ1) is 9.40. The summed E-state index contributed by atoms with van der Waals surface area (Å²) < 4.78 is 0. The van der Waals surface area contributed by atoms with Crippen molar-refractivity contribution in [1.29, 1.82) is 0 Å². The van der Waals surface area contributed by atoms with Crippen LogP contribution in [-0.2, 0) is 16.1 Å². The molecule has 0 aliphatic carbocycles. The molecule has 1 aromatic rings. The molecule has 0 saturated carbocycles. The van der Waals surface area contributed by atoms with Crippen LogP contribution in [0.2, 0.25) is 0 Å². The Kier molecular flexibility index (Phi) is 3.84. The number of piperazine rings is 1. The summed E-state index contributed by atoms with van der Waals surface area (Å²) in [5, 5.41) is 2.77. The van der Waals surface area contributed by atoms with Crippen LogP contribution in [0.25, 0.3) is 0 Å². The lowest BCUT2D eigenvalue weighted by molar-refractivity contribution is -0.157. The lowest BCUT2D eigenvalue weighted by atomic mass is 9.90. The van der Waals surface area contributed by atoms with Gasteiger partial charge in [-0.3, -0.25) is 9.59 Å². The Hall–Kier alpha value is -1.84. The molecule has 2 unspecified atom stereocenters. The lowest BCUT2D eigenvalue weighted by Crippen LogP contribution is -2.68. The number of nitrogens with zero attached hydrogens (tertiary/aromatic N) is 1. The quantitative estimate of drug-likeness (QED) is 0.916. The van der Waals surface area contributed by atoms with Crippen molar-refractivity contribution in [2.45, 2.75) is 52.2 Å². The monoisotopic (exact) mass is 274 g/mol. The van der Waals surface area contributed by atoms with Crippen molar-refractivity contribution < 1.29 is 9.59 Å². The maximum Gasteiger partial charge on any atom is 0.246 e. The second kappa shape index (κ2) is 5.27. The summed E-state index contributed by atoms with van der Waals surface area (Å²) in [7, 11) is 0. The molecule has 1 aromatic carbocycles. The molecular weight excluding hydrogens is 252 g/mol. The maximum absolute atomic E-state index is 12.5. The van der Waals surface area contributed by atoms with Gasteiger partial charge in [0.1, 0.15) is 11.6 Å². The van der Waals surface area contributed by atoms with Crippen LogP contribution in [0.3, 0.4) is 0 Å². The molecule has 1 saturated heterocycles. The minimum absolute atomic E-state index is 0.0165. The average Bonchev–Trinajstić information content (AvgIpc) is 2.43. The van der Waals surface area contributed by atoms with E-state index in [1.165, 1.54) is 0 Å². The van der Waals surface area contributed by atoms with E-state index in [0.717, 1.165) is 11.1 Å². The van der Waals surface area contributed by atoms with Crippen LogP contribution in [0.5, 0.6) is 0 Å². The summed E-state index contributed by atoms with van der Waals surface area (Å²) in [5.74, 6) is -0.0853. The first-order valence-electron chi connectivity index (χ1n) is 7.07. The molecule has 0 bridgehead atoms. The molecule has 2 atom stereocenters. The third-order valence-corrected chi connectivity index (χ3v) is 4.35. The summed E-state index contributed by atoms with van der Waals surface area (Å²) in [4.78, 5) is 26.5. The smallest absolute Gasteiger partial charge is 0.246 e. The van der Waals surface area contributed by atoms with Gasteiger partial charge < -0.3 is 10.2 Å². The topological polar surface area (TPSA) is 49.4 Å². The highest BCUT2D eigenvalue weighted by atomic mass is 16.2. The summed E-state index contributed by atoms with van der Waals surface area (Å²) in [5.41, 5.74) is 1.45. The minimum Gasteiger partial charge on any atom is -0.343 e. The van der Waals surface area contributed by atoms with Crippen molar-refractivity contribution in [1.82, 2.24) is 10.2 Å². The van der Waals surface area contributed by atoms with E-state index in [0.29, 0.717) is 13.0 Å². The van der Waals surface area contributed by atoms with Crippen molar-refractivity contribution in [3.63, 3.8) is 0 Å². The average molecular weight is 274 g/mol. The van der Waals surface area contributed by atoms with Gasteiger partial charge >= 0.3 is 0 Å². The number of carbonyl (C=O) groups excluding carboxylic acids is 2. The lowest BCUT2D eigenvalue weighted by Gasteiger charge is -2.45. The highest BCUT2D eigenvalue weighted by Crippen LogP contribution is 2.27. The number of amides is 2. The van der Waals surface area contributed by atoms with Crippen LogP contribution in [0.4, 0.5) is 0 Å². The van der Waals surface area contributed by atoms with Gasteiger partial charge in [-0.05, 0) is 38.3 Å². The molecule has 0 aromatic heterocycles. The van der Waals surface area contributed by atoms with Gasteiger partial charge in [0.05, 0.1) is 0 Å². The number of carbonyl (C=O) groups is 2. The first-order valence-corrected chi connectivity index (χ1v) is 7.07. The van der Waals surface area contributed by atoms with Crippen LogP contribution in [0.1, 0.15) is 38.3 Å². The molecule has 108 valence electrons. The second-order valence-electron chi connectivity index (χ2n) is 5.67. The fourth-order valence-electron chi connectivity index (χ4n) is 2.58. The predicted molar refractivity (Wildman–Crippen MR) is 78.0 cm³/mol. The van der Waals surface area contributed by atoms with E-state index < -0.39 is 11.6 Å². The van der Waals surface area contributed by atoms with Crippen molar-refractivity contribution in [3.8, 4) is 0 Å². The van der Waals surface area contributed by atoms with Crippen LogP contribution in [0, 0.1) is 6.92 Å². The van der Waals surface area contributed by atoms with E-state index in [-0.39, 0.29) is 11.8 Å².